The van der Waals surface area contributed by atoms with Crippen LogP contribution < -0.4 is 0 Å². The Morgan fingerprint density at radius 2 is 2.00 bits per heavy atom. The van der Waals surface area contributed by atoms with Gasteiger partial charge in [0.25, 0.3) is 5.89 Å². The number of aromatic nitrogens is 4. The van der Waals surface area contributed by atoms with Crippen molar-refractivity contribution in [1.82, 2.24) is 20.3 Å². The molecule has 0 saturated heterocycles. The predicted octanol–water partition coefficient (Wildman–Crippen LogP) is 4.00. The maximum Gasteiger partial charge on any atom is 0.279 e. The van der Waals surface area contributed by atoms with E-state index in [1.165, 1.54) is 11.3 Å². The number of aryl methyl sites for hydroxylation is 2. The average molecular weight is 364 g/mol. The van der Waals surface area contributed by atoms with Crippen LogP contribution in [0.3, 0.4) is 0 Å². The van der Waals surface area contributed by atoms with E-state index < -0.39 is 0 Å². The lowest BCUT2D eigenvalue weighted by atomic mass is 9.76. The number of rotatable bonds is 4. The van der Waals surface area contributed by atoms with Crippen LogP contribution in [0.1, 0.15) is 48.2 Å². The molecule has 1 aliphatic rings. The Hall–Kier alpha value is -2.76. The lowest BCUT2D eigenvalue weighted by molar-refractivity contribution is -0.107. The summed E-state index contributed by atoms with van der Waals surface area (Å²) in [5.41, 5.74) is 7.48. The molecule has 0 saturated carbocycles. The predicted molar refractivity (Wildman–Crippen MR) is 102 cm³/mol. The van der Waals surface area contributed by atoms with Gasteiger partial charge in [-0.1, -0.05) is 19.0 Å². The van der Waals surface area contributed by atoms with Crippen LogP contribution in [0, 0.1) is 19.3 Å². The van der Waals surface area contributed by atoms with Gasteiger partial charge < -0.3 is 9.32 Å². The van der Waals surface area contributed by atoms with Crippen LogP contribution in [0.25, 0.3) is 23.0 Å². The van der Waals surface area contributed by atoms with Crippen molar-refractivity contribution in [1.29, 1.82) is 0 Å². The first-order chi connectivity index (χ1) is 12.9. The van der Waals surface area contributed by atoms with Crippen LogP contribution in [0.15, 0.2) is 16.7 Å². The van der Waals surface area contributed by atoms with Crippen molar-refractivity contribution in [2.45, 2.75) is 53.4 Å². The minimum atomic E-state index is 0.287. The Morgan fingerprint density at radius 1 is 1.26 bits per heavy atom. The summed E-state index contributed by atoms with van der Waals surface area (Å²) < 4.78 is 5.54. The van der Waals surface area contributed by atoms with E-state index >= 15 is 0 Å². The summed E-state index contributed by atoms with van der Waals surface area (Å²) in [6.45, 7) is 8.56. The molecule has 1 N–H and O–H groups in total. The average Bonchev–Trinajstić information content (AvgIpc) is 3.23. The summed E-state index contributed by atoms with van der Waals surface area (Å²) in [6, 6.07) is 4.01. The molecule has 0 fully saturated rings. The van der Waals surface area contributed by atoms with Gasteiger partial charge in [0, 0.05) is 23.2 Å². The summed E-state index contributed by atoms with van der Waals surface area (Å²) in [7, 11) is 0. The van der Waals surface area contributed by atoms with E-state index in [2.05, 4.69) is 34.2 Å². The van der Waals surface area contributed by atoms with Crippen LogP contribution in [0.2, 0.25) is 0 Å². The number of nitrogens with zero attached hydrogens (tertiary/aromatic N) is 3. The number of hydrogen-bond acceptors (Lipinski definition) is 5. The van der Waals surface area contributed by atoms with Gasteiger partial charge >= 0.3 is 0 Å². The Bertz CT molecular complexity index is 990. The molecular weight excluding hydrogens is 340 g/mol. The molecule has 0 aliphatic heterocycles. The topological polar surface area (TPSA) is 84.7 Å². The second-order valence-corrected chi connectivity index (χ2v) is 8.25. The maximum absolute atomic E-state index is 10.9. The van der Waals surface area contributed by atoms with E-state index in [1.54, 1.807) is 0 Å². The maximum atomic E-state index is 10.9. The Balaban J connectivity index is 1.68. The number of hydrogen-bond donors (Lipinski definition) is 1. The van der Waals surface area contributed by atoms with Crippen LogP contribution >= 0.6 is 0 Å². The monoisotopic (exact) mass is 364 g/mol. The number of nitrogens with one attached hydrogen (secondary N) is 1. The number of fused-ring (bicyclic) bond motifs is 1. The largest absolute Gasteiger partial charge is 0.332 e. The molecule has 3 aromatic rings. The minimum absolute atomic E-state index is 0.287. The quantitative estimate of drug-likeness (QED) is 0.707. The van der Waals surface area contributed by atoms with Crippen molar-refractivity contribution in [2.75, 3.05) is 0 Å². The highest BCUT2D eigenvalue weighted by molar-refractivity contribution is 5.65. The van der Waals surface area contributed by atoms with Crippen LogP contribution in [0.5, 0.6) is 0 Å². The van der Waals surface area contributed by atoms with E-state index in [0.29, 0.717) is 18.1 Å². The minimum Gasteiger partial charge on any atom is -0.332 e. The fourth-order valence-electron chi connectivity index (χ4n) is 3.99. The third-order valence-electron chi connectivity index (χ3n) is 5.53. The van der Waals surface area contributed by atoms with Gasteiger partial charge in [-0.25, -0.2) is 0 Å². The molecule has 6 heteroatoms. The number of carbonyl (C=O) groups is 1. The first kappa shape index (κ1) is 17.6. The molecule has 2 aromatic heterocycles. The van der Waals surface area contributed by atoms with Crippen molar-refractivity contribution in [3.8, 4) is 23.0 Å². The molecule has 0 atom stereocenters. The second-order valence-electron chi connectivity index (χ2n) is 8.25. The Morgan fingerprint density at radius 3 is 2.70 bits per heavy atom. The molecule has 0 amide bonds. The summed E-state index contributed by atoms with van der Waals surface area (Å²) in [5.74, 6) is 0.997. The van der Waals surface area contributed by atoms with E-state index in [0.717, 1.165) is 53.5 Å². The Kier molecular flexibility index (Phi) is 4.21. The van der Waals surface area contributed by atoms with Crippen molar-refractivity contribution >= 4 is 6.29 Å². The highest BCUT2D eigenvalue weighted by Gasteiger charge is 2.30. The van der Waals surface area contributed by atoms with Crippen molar-refractivity contribution < 1.29 is 9.32 Å². The second kappa shape index (κ2) is 6.44. The first-order valence-corrected chi connectivity index (χ1v) is 9.32. The zero-order valence-electron chi connectivity index (χ0n) is 16.2. The molecule has 1 aromatic carbocycles. The molecule has 0 unspecified atom stereocenters. The lowest BCUT2D eigenvalue weighted by Gasteiger charge is -2.28. The molecule has 27 heavy (non-hydrogen) atoms. The van der Waals surface area contributed by atoms with Crippen LogP contribution in [0.4, 0.5) is 0 Å². The third-order valence-corrected chi connectivity index (χ3v) is 5.53. The third kappa shape index (κ3) is 3.20. The summed E-state index contributed by atoms with van der Waals surface area (Å²) in [5, 5.41) is 11.8. The van der Waals surface area contributed by atoms with Crippen LogP contribution in [-0.2, 0) is 24.1 Å². The van der Waals surface area contributed by atoms with Gasteiger partial charge in [0.2, 0.25) is 5.82 Å². The van der Waals surface area contributed by atoms with Crippen molar-refractivity contribution in [2.24, 2.45) is 5.41 Å². The van der Waals surface area contributed by atoms with Crippen molar-refractivity contribution in [3.05, 3.63) is 40.1 Å². The first-order valence-electron chi connectivity index (χ1n) is 9.32. The highest BCUT2D eigenvalue weighted by Crippen LogP contribution is 2.37. The molecular formula is C21H24N4O2. The smallest absolute Gasteiger partial charge is 0.279 e. The van der Waals surface area contributed by atoms with Gasteiger partial charge in [-0.3, -0.25) is 5.10 Å². The molecule has 1 aliphatic carbocycles. The van der Waals surface area contributed by atoms with Gasteiger partial charge in [0.05, 0.1) is 0 Å². The fourth-order valence-corrected chi connectivity index (χ4v) is 3.99. The van der Waals surface area contributed by atoms with Gasteiger partial charge in [0.15, 0.2) is 5.69 Å². The van der Waals surface area contributed by atoms with E-state index in [4.69, 9.17) is 4.52 Å². The van der Waals surface area contributed by atoms with Gasteiger partial charge in [0.1, 0.15) is 6.29 Å². The number of carbonyl (C=O) groups excluding carboxylic acids is 1. The summed E-state index contributed by atoms with van der Waals surface area (Å²) in [6.07, 6.45) is 4.41. The SMILES string of the molecule is Cc1cc(-c2noc(-c3n[nH]c4c3CCC(C)(C)C4)n2)cc(C)c1CC=O. The molecule has 6 nitrogen and oxygen atoms in total. The van der Waals surface area contributed by atoms with Crippen molar-refractivity contribution in [3.63, 3.8) is 0 Å². The Labute approximate surface area is 158 Å². The van der Waals surface area contributed by atoms with Gasteiger partial charge in [-0.05, 0) is 67.3 Å². The lowest BCUT2D eigenvalue weighted by Crippen LogP contribution is -2.21. The fraction of sp³-hybridized carbons (Fsp3) is 0.429. The molecule has 2 heterocycles. The van der Waals surface area contributed by atoms with E-state index in [1.807, 2.05) is 26.0 Å². The number of aldehydes is 1. The molecule has 0 radical (unpaired) electrons. The van der Waals surface area contributed by atoms with Gasteiger partial charge in [-0.15, -0.1) is 0 Å². The van der Waals surface area contributed by atoms with E-state index in [-0.39, 0.29) is 5.41 Å². The zero-order chi connectivity index (χ0) is 19.2. The normalized spacial score (nSPS) is 15.6. The highest BCUT2D eigenvalue weighted by atomic mass is 16.5. The van der Waals surface area contributed by atoms with Crippen LogP contribution in [-0.4, -0.2) is 26.6 Å². The standard InChI is InChI=1S/C21H24N4O2/c1-12-9-14(10-13(2)15(12)6-8-26)19-22-20(27-25-19)18-16-5-7-21(3,4)11-17(16)23-24-18/h8-10H,5-7,11H2,1-4H3,(H,23,24). The number of aromatic amines is 1. The number of benzene rings is 1. The molecule has 140 valence electrons. The molecule has 0 spiro atoms. The number of H-pyrrole nitrogens is 1. The summed E-state index contributed by atoms with van der Waals surface area (Å²) >= 11 is 0. The van der Waals surface area contributed by atoms with Gasteiger partial charge in [-0.2, -0.15) is 10.1 Å². The summed E-state index contributed by atoms with van der Waals surface area (Å²) in [4.78, 5) is 15.5. The molecule has 4 rings (SSSR count). The zero-order valence-corrected chi connectivity index (χ0v) is 16.2. The molecule has 0 bridgehead atoms. The van der Waals surface area contributed by atoms with E-state index in [9.17, 15) is 4.79 Å².